The molecule has 0 atom stereocenters. The Kier molecular flexibility index (Phi) is 27.5. The normalized spacial score (nSPS) is 10.7. The molecule has 0 N–H and O–H groups in total. The fourth-order valence-electron chi connectivity index (χ4n) is 1.41. The van der Waals surface area contributed by atoms with E-state index in [1.54, 1.807) is 0 Å². The third-order valence-corrected chi connectivity index (χ3v) is 4.07. The Morgan fingerprint density at radius 1 is 0.591 bits per heavy atom. The first-order valence-electron chi connectivity index (χ1n) is 6.99. The molecule has 0 spiro atoms. The maximum Gasteiger partial charge on any atom is 1.00 e. The van der Waals surface area contributed by atoms with Crippen LogP contribution in [0.2, 0.25) is 0 Å². The molecule has 0 radical (unpaired) electrons. The first-order valence-corrected chi connectivity index (χ1v) is 10.1. The summed E-state index contributed by atoms with van der Waals surface area (Å²) in [5.41, 5.74) is 0. The van der Waals surface area contributed by atoms with Crippen LogP contribution in [0.5, 0.6) is 0 Å². The van der Waals surface area contributed by atoms with E-state index in [0.717, 1.165) is 38.5 Å². The van der Waals surface area contributed by atoms with E-state index in [1.165, 1.54) is 0 Å². The van der Waals surface area contributed by atoms with Crippen molar-refractivity contribution >= 4 is 20.2 Å². The van der Waals surface area contributed by atoms with Crippen molar-refractivity contribution in [1.29, 1.82) is 0 Å². The van der Waals surface area contributed by atoms with Crippen LogP contribution < -0.4 is 59.1 Å². The van der Waals surface area contributed by atoms with Gasteiger partial charge in [0, 0.05) is 11.5 Å². The minimum Gasteiger partial charge on any atom is -0.748 e. The van der Waals surface area contributed by atoms with Crippen LogP contribution >= 0.6 is 0 Å². The molecule has 124 valence electrons. The molecular formula is C12H26Na2O6S2. The second-order valence-corrected chi connectivity index (χ2v) is 7.69. The monoisotopic (exact) mass is 376 g/mol. The van der Waals surface area contributed by atoms with Crippen LogP contribution in [0.25, 0.3) is 0 Å². The number of hydrogen-bond acceptors (Lipinski definition) is 6. The SMILES string of the molecule is CCCCCCS(=O)(=O)[O-].CCCCCCS(=O)(=O)[O-].[Na+].[Na+]. The van der Waals surface area contributed by atoms with Crippen LogP contribution in [-0.4, -0.2) is 37.4 Å². The molecule has 0 aliphatic carbocycles. The van der Waals surface area contributed by atoms with E-state index in [-0.39, 0.29) is 70.6 Å². The maximum atomic E-state index is 10.0. The van der Waals surface area contributed by atoms with Gasteiger partial charge in [0.1, 0.15) is 0 Å². The molecule has 0 aliphatic rings. The standard InChI is InChI=1S/2C6H14O3S.2Na/c2*1-2-3-4-5-6-10(7,8)9;;/h2*2-6H2,1H3,(H,7,8,9);;/q;;2*+1/p-2. The Morgan fingerprint density at radius 3 is 1.05 bits per heavy atom. The molecule has 0 bridgehead atoms. The molecule has 0 aromatic heterocycles. The topological polar surface area (TPSA) is 114 Å². The summed E-state index contributed by atoms with van der Waals surface area (Å²) in [4.78, 5) is 0. The predicted molar refractivity (Wildman–Crippen MR) is 77.4 cm³/mol. The molecular weight excluding hydrogens is 350 g/mol. The van der Waals surface area contributed by atoms with Gasteiger partial charge in [0.05, 0.1) is 20.2 Å². The Labute approximate surface area is 180 Å². The van der Waals surface area contributed by atoms with Gasteiger partial charge in [-0.2, -0.15) is 0 Å². The molecule has 0 unspecified atom stereocenters. The zero-order chi connectivity index (χ0) is 16.1. The Hall–Kier alpha value is 1.82. The van der Waals surface area contributed by atoms with Crippen molar-refractivity contribution in [3.05, 3.63) is 0 Å². The number of unbranched alkanes of at least 4 members (excludes halogenated alkanes) is 6. The second-order valence-electron chi connectivity index (χ2n) is 4.64. The van der Waals surface area contributed by atoms with E-state index in [4.69, 9.17) is 0 Å². The minimum absolute atomic E-state index is 0. The van der Waals surface area contributed by atoms with E-state index in [0.29, 0.717) is 12.8 Å². The quantitative estimate of drug-likeness (QED) is 0.220. The fraction of sp³-hybridized carbons (Fsp3) is 1.00. The summed E-state index contributed by atoms with van der Waals surface area (Å²) in [5.74, 6) is -0.403. The van der Waals surface area contributed by atoms with Crippen molar-refractivity contribution in [3.8, 4) is 0 Å². The van der Waals surface area contributed by atoms with Crippen LogP contribution in [0.1, 0.15) is 65.2 Å². The van der Waals surface area contributed by atoms with Crippen LogP contribution in [0.3, 0.4) is 0 Å². The van der Waals surface area contributed by atoms with Gasteiger partial charge in [-0.25, -0.2) is 16.8 Å². The van der Waals surface area contributed by atoms with Gasteiger partial charge in [0.2, 0.25) is 0 Å². The summed E-state index contributed by atoms with van der Waals surface area (Å²) in [6.45, 7) is 4.07. The number of hydrogen-bond donors (Lipinski definition) is 0. The smallest absolute Gasteiger partial charge is 0.748 e. The van der Waals surface area contributed by atoms with E-state index in [2.05, 4.69) is 0 Å². The average molecular weight is 376 g/mol. The fourth-order valence-corrected chi connectivity index (χ4v) is 2.53. The molecule has 0 heterocycles. The molecule has 0 saturated heterocycles. The van der Waals surface area contributed by atoms with Crippen LogP contribution in [0.15, 0.2) is 0 Å². The van der Waals surface area contributed by atoms with Crippen molar-refractivity contribution in [2.75, 3.05) is 11.5 Å². The summed E-state index contributed by atoms with van der Waals surface area (Å²) in [6, 6.07) is 0. The van der Waals surface area contributed by atoms with Crippen LogP contribution in [0.4, 0.5) is 0 Å². The minimum atomic E-state index is -3.95. The van der Waals surface area contributed by atoms with Gasteiger partial charge in [0.25, 0.3) is 0 Å². The van der Waals surface area contributed by atoms with Gasteiger partial charge in [-0.05, 0) is 12.8 Å². The molecule has 6 nitrogen and oxygen atoms in total. The van der Waals surface area contributed by atoms with Gasteiger partial charge in [-0.3, -0.25) is 0 Å². The van der Waals surface area contributed by atoms with Gasteiger partial charge in [-0.1, -0.05) is 52.4 Å². The van der Waals surface area contributed by atoms with E-state index < -0.39 is 20.2 Å². The predicted octanol–water partition coefficient (Wildman–Crippen LogP) is -3.77. The summed E-state index contributed by atoms with van der Waals surface area (Å²) in [6.07, 6.45) is 6.85. The third-order valence-electron chi connectivity index (χ3n) is 2.50. The molecule has 0 amide bonds. The summed E-state index contributed by atoms with van der Waals surface area (Å²) >= 11 is 0. The molecule has 0 aromatic carbocycles. The molecule has 10 heteroatoms. The van der Waals surface area contributed by atoms with Gasteiger partial charge < -0.3 is 9.11 Å². The van der Waals surface area contributed by atoms with Crippen LogP contribution in [0, 0.1) is 0 Å². The zero-order valence-electron chi connectivity index (χ0n) is 14.3. The molecule has 22 heavy (non-hydrogen) atoms. The van der Waals surface area contributed by atoms with E-state index in [9.17, 15) is 25.9 Å². The second kappa shape index (κ2) is 19.1. The van der Waals surface area contributed by atoms with Gasteiger partial charge in [-0.15, -0.1) is 0 Å². The van der Waals surface area contributed by atoms with Crippen molar-refractivity contribution in [2.24, 2.45) is 0 Å². The van der Waals surface area contributed by atoms with Crippen LogP contribution in [-0.2, 0) is 20.2 Å². The van der Waals surface area contributed by atoms with E-state index >= 15 is 0 Å². The Morgan fingerprint density at radius 2 is 0.864 bits per heavy atom. The summed E-state index contributed by atoms with van der Waals surface area (Å²) in [5, 5.41) is 0. The summed E-state index contributed by atoms with van der Waals surface area (Å²) < 4.78 is 60.2. The van der Waals surface area contributed by atoms with Crippen molar-refractivity contribution in [1.82, 2.24) is 0 Å². The molecule has 0 fully saturated rings. The van der Waals surface area contributed by atoms with E-state index in [1.807, 2.05) is 13.8 Å². The largest absolute Gasteiger partial charge is 1.00 e. The Bertz CT molecular complexity index is 369. The molecule has 0 aliphatic heterocycles. The maximum absolute atomic E-state index is 10.0. The number of rotatable bonds is 10. The average Bonchev–Trinajstić information content (AvgIpc) is 2.29. The first kappa shape index (κ1) is 31.6. The molecule has 0 rings (SSSR count). The van der Waals surface area contributed by atoms with Crippen molar-refractivity contribution in [2.45, 2.75) is 65.2 Å². The molecule has 0 aromatic rings. The van der Waals surface area contributed by atoms with Gasteiger partial charge in [0.15, 0.2) is 0 Å². The summed E-state index contributed by atoms with van der Waals surface area (Å²) in [7, 11) is -7.91. The molecule has 0 saturated carbocycles. The van der Waals surface area contributed by atoms with Gasteiger partial charge >= 0.3 is 59.1 Å². The Balaban J connectivity index is -0.000000135. The zero-order valence-corrected chi connectivity index (χ0v) is 20.0. The van der Waals surface area contributed by atoms with Crippen molar-refractivity contribution < 1.29 is 85.1 Å². The third kappa shape index (κ3) is 37.8. The first-order chi connectivity index (χ1) is 9.12. The van der Waals surface area contributed by atoms with Crippen molar-refractivity contribution in [3.63, 3.8) is 0 Å².